The number of carbonyl (C=O) groups excluding carboxylic acids is 2. The van der Waals surface area contributed by atoms with Gasteiger partial charge in [0.1, 0.15) is 0 Å². The second-order valence-corrected chi connectivity index (χ2v) is 9.30. The molecule has 0 radical (unpaired) electrons. The summed E-state index contributed by atoms with van der Waals surface area (Å²) >= 11 is 0. The van der Waals surface area contributed by atoms with Gasteiger partial charge in [-0.3, -0.25) is 13.9 Å². The Hall–Kier alpha value is -4.05. The van der Waals surface area contributed by atoms with Crippen LogP contribution < -0.4 is 24.8 Å². The molecule has 0 spiro atoms. The first kappa shape index (κ1) is 24.6. The number of amides is 2. The maximum absolute atomic E-state index is 13.1. The highest BCUT2D eigenvalue weighted by Gasteiger charge is 2.23. The molecule has 3 aromatic carbocycles. The van der Waals surface area contributed by atoms with Gasteiger partial charge in [0, 0.05) is 29.9 Å². The van der Waals surface area contributed by atoms with Crippen molar-refractivity contribution in [2.45, 2.75) is 11.8 Å². The van der Waals surface area contributed by atoms with Crippen LogP contribution in [0.1, 0.15) is 26.3 Å². The van der Waals surface area contributed by atoms with E-state index in [1.165, 1.54) is 63.7 Å². The van der Waals surface area contributed by atoms with Gasteiger partial charge in [-0.25, -0.2) is 8.42 Å². The van der Waals surface area contributed by atoms with Crippen molar-refractivity contribution in [1.29, 1.82) is 0 Å². The fourth-order valence-electron chi connectivity index (χ4n) is 3.33. The molecule has 0 fully saturated rings. The number of benzene rings is 3. The quantitative estimate of drug-likeness (QED) is 0.506. The Balaban J connectivity index is 1.82. The van der Waals surface area contributed by atoms with Crippen LogP contribution >= 0.6 is 0 Å². The van der Waals surface area contributed by atoms with Crippen LogP contribution in [0.3, 0.4) is 0 Å². The van der Waals surface area contributed by atoms with Crippen LogP contribution in [0.25, 0.3) is 0 Å². The number of hydrogen-bond donors (Lipinski definition) is 2. The van der Waals surface area contributed by atoms with E-state index < -0.39 is 21.8 Å². The van der Waals surface area contributed by atoms with Gasteiger partial charge in [0.05, 0.1) is 24.8 Å². The number of sulfonamides is 1. The summed E-state index contributed by atoms with van der Waals surface area (Å²) in [5.74, 6) is -0.297. The van der Waals surface area contributed by atoms with Crippen LogP contribution in [0, 0.1) is 6.92 Å². The normalized spacial score (nSPS) is 10.9. The number of nitrogens with zero attached hydrogens (tertiary/aromatic N) is 1. The highest BCUT2D eigenvalue weighted by molar-refractivity contribution is 7.92. The van der Waals surface area contributed by atoms with Gasteiger partial charge < -0.3 is 20.5 Å². The van der Waals surface area contributed by atoms with Gasteiger partial charge in [-0.1, -0.05) is 6.07 Å². The number of primary amides is 1. The fraction of sp³-hybridized carbons (Fsp3) is 0.167. The molecule has 0 aliphatic carbocycles. The molecule has 0 unspecified atom stereocenters. The zero-order valence-corrected chi connectivity index (χ0v) is 20.0. The second kappa shape index (κ2) is 9.84. The van der Waals surface area contributed by atoms with Crippen LogP contribution in [-0.2, 0) is 10.0 Å². The molecule has 0 bridgehead atoms. The second-order valence-electron chi connectivity index (χ2n) is 7.33. The first-order valence-electron chi connectivity index (χ1n) is 10.1. The molecule has 3 aromatic rings. The molecule has 0 aromatic heterocycles. The van der Waals surface area contributed by atoms with Crippen molar-refractivity contribution in [2.75, 3.05) is 30.9 Å². The van der Waals surface area contributed by atoms with Gasteiger partial charge in [0.15, 0.2) is 11.5 Å². The third-order valence-electron chi connectivity index (χ3n) is 5.35. The van der Waals surface area contributed by atoms with Crippen LogP contribution in [0.15, 0.2) is 65.6 Å². The number of ether oxygens (including phenoxy) is 2. The summed E-state index contributed by atoms with van der Waals surface area (Å²) in [5.41, 5.74) is 7.36. The Morgan fingerprint density at radius 3 is 2.18 bits per heavy atom. The Morgan fingerprint density at radius 1 is 0.941 bits per heavy atom. The van der Waals surface area contributed by atoms with Crippen LogP contribution in [0.5, 0.6) is 11.5 Å². The Morgan fingerprint density at radius 2 is 1.59 bits per heavy atom. The van der Waals surface area contributed by atoms with Crippen LogP contribution in [0.2, 0.25) is 0 Å². The summed E-state index contributed by atoms with van der Waals surface area (Å²) in [4.78, 5) is 24.2. The number of methoxy groups -OCH3 is 2. The maximum Gasteiger partial charge on any atom is 0.264 e. The Labute approximate surface area is 198 Å². The van der Waals surface area contributed by atoms with E-state index in [0.717, 1.165) is 4.31 Å². The van der Waals surface area contributed by atoms with E-state index >= 15 is 0 Å². The monoisotopic (exact) mass is 483 g/mol. The van der Waals surface area contributed by atoms with Crippen molar-refractivity contribution in [3.63, 3.8) is 0 Å². The molecular formula is C24H25N3O6S. The summed E-state index contributed by atoms with van der Waals surface area (Å²) in [6, 6.07) is 15.3. The Bertz CT molecular complexity index is 1340. The van der Waals surface area contributed by atoms with Crippen molar-refractivity contribution in [3.05, 3.63) is 77.4 Å². The van der Waals surface area contributed by atoms with E-state index in [1.807, 2.05) is 0 Å². The largest absolute Gasteiger partial charge is 0.493 e. The van der Waals surface area contributed by atoms with E-state index in [2.05, 4.69) is 5.32 Å². The smallest absolute Gasteiger partial charge is 0.264 e. The van der Waals surface area contributed by atoms with Gasteiger partial charge in [0.25, 0.3) is 15.9 Å². The topological polar surface area (TPSA) is 128 Å². The molecule has 34 heavy (non-hydrogen) atoms. The maximum atomic E-state index is 13.1. The minimum Gasteiger partial charge on any atom is -0.493 e. The number of nitrogens with one attached hydrogen (secondary N) is 1. The molecule has 0 aliphatic heterocycles. The molecule has 2 amide bonds. The minimum atomic E-state index is -3.90. The summed E-state index contributed by atoms with van der Waals surface area (Å²) in [7, 11) is 0.408. The Kier molecular flexibility index (Phi) is 7.11. The molecule has 9 nitrogen and oxygen atoms in total. The van der Waals surface area contributed by atoms with Crippen molar-refractivity contribution < 1.29 is 27.5 Å². The third kappa shape index (κ3) is 4.81. The number of carbonyl (C=O) groups is 2. The molecular weight excluding hydrogens is 458 g/mol. The van der Waals surface area contributed by atoms with Gasteiger partial charge in [-0.15, -0.1) is 0 Å². The highest BCUT2D eigenvalue weighted by Crippen LogP contribution is 2.31. The standard InChI is InChI=1S/C24H25N3O6S/c1-15-19(23(25)28)6-5-7-20(15)26-24(29)16-8-10-17(11-9-16)27(2)34(30,31)18-12-13-21(32-3)22(14-18)33-4/h5-14H,1-4H3,(H2,25,28)(H,26,29). The summed E-state index contributed by atoms with van der Waals surface area (Å²) in [6.45, 7) is 1.69. The predicted molar refractivity (Wildman–Crippen MR) is 129 cm³/mol. The molecule has 0 saturated carbocycles. The number of nitrogens with two attached hydrogens (primary N) is 1. The van der Waals surface area contributed by atoms with Gasteiger partial charge in [0.2, 0.25) is 5.91 Å². The number of anilines is 2. The fourth-order valence-corrected chi connectivity index (χ4v) is 4.54. The van der Waals surface area contributed by atoms with E-state index in [0.29, 0.717) is 39.6 Å². The third-order valence-corrected chi connectivity index (χ3v) is 7.14. The molecule has 10 heteroatoms. The van der Waals surface area contributed by atoms with Crippen molar-refractivity contribution in [1.82, 2.24) is 0 Å². The summed E-state index contributed by atoms with van der Waals surface area (Å²) < 4.78 is 37.7. The van der Waals surface area contributed by atoms with Crippen molar-refractivity contribution in [3.8, 4) is 11.5 Å². The number of rotatable bonds is 8. The van der Waals surface area contributed by atoms with Gasteiger partial charge in [-0.2, -0.15) is 0 Å². The first-order chi connectivity index (χ1) is 16.1. The zero-order chi connectivity index (χ0) is 25.0. The lowest BCUT2D eigenvalue weighted by molar-refractivity contribution is 0.0995. The van der Waals surface area contributed by atoms with E-state index in [4.69, 9.17) is 15.2 Å². The average Bonchev–Trinajstić information content (AvgIpc) is 2.84. The zero-order valence-electron chi connectivity index (χ0n) is 19.2. The SMILES string of the molecule is COc1ccc(S(=O)(=O)N(C)c2ccc(C(=O)Nc3cccc(C(N)=O)c3C)cc2)cc1OC. The molecule has 3 N–H and O–H groups in total. The molecule has 0 saturated heterocycles. The van der Waals surface area contributed by atoms with Gasteiger partial charge in [-0.05, 0) is 61.0 Å². The molecule has 3 rings (SSSR count). The summed E-state index contributed by atoms with van der Waals surface area (Å²) in [5, 5.41) is 2.75. The number of hydrogen-bond acceptors (Lipinski definition) is 6. The molecule has 0 heterocycles. The van der Waals surface area contributed by atoms with Gasteiger partial charge >= 0.3 is 0 Å². The lowest BCUT2D eigenvalue weighted by Gasteiger charge is -2.20. The van der Waals surface area contributed by atoms with Crippen LogP contribution in [-0.4, -0.2) is 41.5 Å². The van der Waals surface area contributed by atoms with E-state index in [1.54, 1.807) is 25.1 Å². The van der Waals surface area contributed by atoms with E-state index in [-0.39, 0.29) is 4.90 Å². The molecule has 0 aliphatic rings. The van der Waals surface area contributed by atoms with Crippen molar-refractivity contribution in [2.24, 2.45) is 5.73 Å². The van der Waals surface area contributed by atoms with Crippen molar-refractivity contribution >= 4 is 33.2 Å². The molecule has 0 atom stereocenters. The van der Waals surface area contributed by atoms with E-state index in [9.17, 15) is 18.0 Å². The highest BCUT2D eigenvalue weighted by atomic mass is 32.2. The van der Waals surface area contributed by atoms with Crippen LogP contribution in [0.4, 0.5) is 11.4 Å². The lowest BCUT2D eigenvalue weighted by Crippen LogP contribution is -2.26. The average molecular weight is 484 g/mol. The minimum absolute atomic E-state index is 0.0271. The lowest BCUT2D eigenvalue weighted by atomic mass is 10.1. The predicted octanol–water partition coefficient (Wildman–Crippen LogP) is 3.19. The summed E-state index contributed by atoms with van der Waals surface area (Å²) in [6.07, 6.45) is 0. The molecule has 178 valence electrons. The first-order valence-corrected chi connectivity index (χ1v) is 11.6.